The van der Waals surface area contributed by atoms with E-state index in [4.69, 9.17) is 48.7 Å². The minimum atomic E-state index is -0.275. The maximum atomic E-state index is 12.9. The van der Waals surface area contributed by atoms with E-state index in [2.05, 4.69) is 0 Å². The van der Waals surface area contributed by atoms with E-state index in [0.717, 1.165) is 16.7 Å². The summed E-state index contributed by atoms with van der Waals surface area (Å²) in [7, 11) is 0. The second kappa shape index (κ2) is 8.83. The molecule has 1 heterocycles. The summed E-state index contributed by atoms with van der Waals surface area (Å²) < 4.78 is 17.2. The van der Waals surface area contributed by atoms with Crippen molar-refractivity contribution in [2.24, 2.45) is 0 Å². The van der Waals surface area contributed by atoms with Crippen molar-refractivity contribution in [2.45, 2.75) is 20.5 Å². The maximum absolute atomic E-state index is 12.9. The predicted octanol–water partition coefficient (Wildman–Crippen LogP) is 7.74. The van der Waals surface area contributed by atoms with Gasteiger partial charge in [-0.25, -0.2) is 0 Å². The first kappa shape index (κ1) is 21.6. The molecule has 0 amide bonds. The van der Waals surface area contributed by atoms with Gasteiger partial charge in [-0.3, -0.25) is 4.79 Å². The molecular weight excluding hydrogens is 459 g/mol. The van der Waals surface area contributed by atoms with Crippen molar-refractivity contribution in [3.63, 3.8) is 0 Å². The van der Waals surface area contributed by atoms with Gasteiger partial charge in [-0.05, 0) is 66.9 Å². The third-order valence-electron chi connectivity index (χ3n) is 4.74. The zero-order chi connectivity index (χ0) is 22.1. The zero-order valence-electron chi connectivity index (χ0n) is 16.7. The Kier molecular flexibility index (Phi) is 6.15. The fourth-order valence-corrected chi connectivity index (χ4v) is 3.57. The van der Waals surface area contributed by atoms with Gasteiger partial charge in [0.15, 0.2) is 0 Å². The topological polar surface area (TPSA) is 48.7 Å². The van der Waals surface area contributed by atoms with Gasteiger partial charge in [0.25, 0.3) is 0 Å². The molecule has 0 fully saturated rings. The van der Waals surface area contributed by atoms with Gasteiger partial charge in [0.1, 0.15) is 30.0 Å². The fourth-order valence-electron chi connectivity index (χ4n) is 3.14. The van der Waals surface area contributed by atoms with Crippen LogP contribution in [0.15, 0.2) is 64.0 Å². The quantitative estimate of drug-likeness (QED) is 0.296. The Hall–Kier alpha value is -2.66. The third-order valence-corrected chi connectivity index (χ3v) is 6.08. The van der Waals surface area contributed by atoms with Crippen molar-refractivity contribution < 1.29 is 13.9 Å². The molecule has 0 spiro atoms. The van der Waals surface area contributed by atoms with Gasteiger partial charge in [0.05, 0.1) is 15.4 Å². The smallest absolute Gasteiger partial charge is 0.235 e. The van der Waals surface area contributed by atoms with Gasteiger partial charge in [-0.1, -0.05) is 40.9 Å². The highest BCUT2D eigenvalue weighted by atomic mass is 35.5. The van der Waals surface area contributed by atoms with Gasteiger partial charge < -0.3 is 13.9 Å². The lowest BCUT2D eigenvalue weighted by atomic mass is 10.1. The number of rotatable bonds is 5. The Morgan fingerprint density at radius 2 is 1.61 bits per heavy atom. The highest BCUT2D eigenvalue weighted by Gasteiger charge is 2.12. The van der Waals surface area contributed by atoms with Crippen LogP contribution in [0.1, 0.15) is 16.7 Å². The molecule has 0 bridgehead atoms. The molecule has 0 radical (unpaired) electrons. The van der Waals surface area contributed by atoms with Crippen LogP contribution >= 0.6 is 34.8 Å². The van der Waals surface area contributed by atoms with Crippen LogP contribution < -0.4 is 14.9 Å². The van der Waals surface area contributed by atoms with Crippen LogP contribution in [0.4, 0.5) is 0 Å². The van der Waals surface area contributed by atoms with E-state index in [1.165, 1.54) is 6.26 Å². The molecule has 0 aliphatic rings. The summed E-state index contributed by atoms with van der Waals surface area (Å²) >= 11 is 18.2. The molecular formula is C24H17Cl3O4. The maximum Gasteiger partial charge on any atom is 0.235 e. The largest absolute Gasteiger partial charge is 0.489 e. The molecule has 3 aromatic carbocycles. The van der Waals surface area contributed by atoms with Crippen molar-refractivity contribution in [2.75, 3.05) is 0 Å². The second-order valence-electron chi connectivity index (χ2n) is 7.10. The predicted molar refractivity (Wildman–Crippen MR) is 124 cm³/mol. The Bertz CT molecular complexity index is 1320. The minimum absolute atomic E-state index is 0.0955. The summed E-state index contributed by atoms with van der Waals surface area (Å²) in [4.78, 5) is 12.9. The average Bonchev–Trinajstić information content (AvgIpc) is 2.75. The molecule has 4 aromatic rings. The summed E-state index contributed by atoms with van der Waals surface area (Å²) in [6, 6.07) is 13.9. The number of fused-ring (bicyclic) bond motifs is 1. The monoisotopic (exact) mass is 474 g/mol. The van der Waals surface area contributed by atoms with Crippen LogP contribution in [0.2, 0.25) is 15.1 Å². The molecule has 4 rings (SSSR count). The lowest BCUT2D eigenvalue weighted by Gasteiger charge is -2.10. The molecule has 1 aromatic heterocycles. The molecule has 4 nitrogen and oxygen atoms in total. The number of hydrogen-bond donors (Lipinski definition) is 0. The molecule has 7 heteroatoms. The molecule has 0 unspecified atom stereocenters. The van der Waals surface area contributed by atoms with Crippen LogP contribution in [0.5, 0.6) is 17.2 Å². The summed E-state index contributed by atoms with van der Waals surface area (Å²) in [5, 5.41) is 2.01. The minimum Gasteiger partial charge on any atom is -0.489 e. The molecule has 0 aliphatic carbocycles. The SMILES string of the molecule is Cc1cc(Oc2coc3cc(OCc4ccc(Cl)c(Cl)c4)ccc3c2=O)cc(C)c1Cl. The van der Waals surface area contributed by atoms with Gasteiger partial charge in [-0.15, -0.1) is 0 Å². The molecule has 0 N–H and O–H groups in total. The van der Waals surface area contributed by atoms with Crippen LogP contribution in [0.3, 0.4) is 0 Å². The van der Waals surface area contributed by atoms with Crippen molar-refractivity contribution in [1.29, 1.82) is 0 Å². The van der Waals surface area contributed by atoms with Gasteiger partial charge in [-0.2, -0.15) is 0 Å². The van der Waals surface area contributed by atoms with E-state index < -0.39 is 0 Å². The van der Waals surface area contributed by atoms with E-state index >= 15 is 0 Å². The Morgan fingerprint density at radius 3 is 2.32 bits per heavy atom. The first-order valence-corrected chi connectivity index (χ1v) is 10.5. The van der Waals surface area contributed by atoms with Crippen molar-refractivity contribution in [1.82, 2.24) is 0 Å². The molecule has 0 saturated carbocycles. The molecule has 31 heavy (non-hydrogen) atoms. The highest BCUT2D eigenvalue weighted by Crippen LogP contribution is 2.30. The average molecular weight is 476 g/mol. The van der Waals surface area contributed by atoms with E-state index in [0.29, 0.717) is 44.1 Å². The normalized spacial score (nSPS) is 11.0. The molecule has 0 atom stereocenters. The Labute approximate surface area is 193 Å². The van der Waals surface area contributed by atoms with Crippen LogP contribution in [0.25, 0.3) is 11.0 Å². The number of halogens is 3. The number of aryl methyl sites for hydroxylation is 2. The van der Waals surface area contributed by atoms with Crippen molar-refractivity contribution >= 4 is 45.8 Å². The van der Waals surface area contributed by atoms with E-state index in [1.54, 1.807) is 42.5 Å². The number of benzene rings is 3. The van der Waals surface area contributed by atoms with Crippen molar-refractivity contribution in [3.05, 3.63) is 96.8 Å². The Morgan fingerprint density at radius 1 is 0.871 bits per heavy atom. The standard InChI is InChI=1S/C24H17Cl3O4/c1-13-7-17(8-14(2)23(13)27)31-22-12-30-21-10-16(4-5-18(21)24(22)28)29-11-15-3-6-19(25)20(26)9-15/h3-10,12H,11H2,1-2H3. The first-order chi connectivity index (χ1) is 14.8. The van der Waals surface area contributed by atoms with Crippen molar-refractivity contribution in [3.8, 4) is 17.2 Å². The Balaban J connectivity index is 1.56. The zero-order valence-corrected chi connectivity index (χ0v) is 18.9. The lowest BCUT2D eigenvalue weighted by molar-refractivity contribution is 0.306. The summed E-state index contributed by atoms with van der Waals surface area (Å²) in [6.45, 7) is 4.05. The first-order valence-electron chi connectivity index (χ1n) is 9.38. The molecule has 0 saturated heterocycles. The molecule has 0 aliphatic heterocycles. The highest BCUT2D eigenvalue weighted by molar-refractivity contribution is 6.42. The van der Waals surface area contributed by atoms with Gasteiger partial charge in [0.2, 0.25) is 11.2 Å². The van der Waals surface area contributed by atoms with Crippen LogP contribution in [0, 0.1) is 13.8 Å². The second-order valence-corrected chi connectivity index (χ2v) is 8.29. The van der Waals surface area contributed by atoms with E-state index in [1.807, 2.05) is 19.9 Å². The van der Waals surface area contributed by atoms with E-state index in [9.17, 15) is 4.79 Å². The lowest BCUT2D eigenvalue weighted by Crippen LogP contribution is -2.05. The summed E-state index contributed by atoms with van der Waals surface area (Å²) in [6.07, 6.45) is 1.30. The van der Waals surface area contributed by atoms with Gasteiger partial charge >= 0.3 is 0 Å². The number of ether oxygens (including phenoxy) is 2. The summed E-state index contributed by atoms with van der Waals surface area (Å²) in [5.41, 5.74) is 2.72. The number of hydrogen-bond acceptors (Lipinski definition) is 4. The molecule has 158 valence electrons. The third kappa shape index (κ3) is 4.67. The fraction of sp³-hybridized carbons (Fsp3) is 0.125. The van der Waals surface area contributed by atoms with Gasteiger partial charge in [0, 0.05) is 11.1 Å². The van der Waals surface area contributed by atoms with Crippen LogP contribution in [-0.4, -0.2) is 0 Å². The summed E-state index contributed by atoms with van der Waals surface area (Å²) in [5.74, 6) is 1.17. The van der Waals surface area contributed by atoms with E-state index in [-0.39, 0.29) is 11.2 Å². The van der Waals surface area contributed by atoms with Crippen LogP contribution in [-0.2, 0) is 6.61 Å².